The van der Waals surface area contributed by atoms with Crippen LogP contribution < -0.4 is 14.4 Å². The second-order valence-corrected chi connectivity index (χ2v) is 12.7. The SMILES string of the molecule is CCOc1ccc(N(CC(=O)N(CCc2ccccc2)C(CC)C(=O)NC(C)(C)C)S(=O)(=O)c2ccc(F)cc2)cc1. The lowest BCUT2D eigenvalue weighted by atomic mass is 10.1. The van der Waals surface area contributed by atoms with Crippen molar-refractivity contribution in [2.24, 2.45) is 0 Å². The lowest BCUT2D eigenvalue weighted by molar-refractivity contribution is -0.140. The number of rotatable bonds is 13. The number of nitrogens with zero attached hydrogens (tertiary/aromatic N) is 2. The predicted octanol–water partition coefficient (Wildman–Crippen LogP) is 5.18. The largest absolute Gasteiger partial charge is 0.494 e. The first kappa shape index (κ1) is 32.6. The van der Waals surface area contributed by atoms with Crippen molar-refractivity contribution >= 4 is 27.5 Å². The topological polar surface area (TPSA) is 96.0 Å². The van der Waals surface area contributed by atoms with E-state index in [9.17, 15) is 22.4 Å². The highest BCUT2D eigenvalue weighted by Crippen LogP contribution is 2.27. The number of carbonyl (C=O) groups is 2. The van der Waals surface area contributed by atoms with E-state index in [2.05, 4.69) is 5.32 Å². The summed E-state index contributed by atoms with van der Waals surface area (Å²) >= 11 is 0. The number of nitrogens with one attached hydrogen (secondary N) is 1. The lowest BCUT2D eigenvalue weighted by Crippen LogP contribution is -2.56. The van der Waals surface area contributed by atoms with Gasteiger partial charge < -0.3 is 15.0 Å². The molecule has 42 heavy (non-hydrogen) atoms. The second kappa shape index (κ2) is 14.3. The van der Waals surface area contributed by atoms with Crippen LogP contribution in [0.1, 0.15) is 46.6 Å². The first-order valence-corrected chi connectivity index (χ1v) is 15.5. The van der Waals surface area contributed by atoms with Gasteiger partial charge in [0.2, 0.25) is 11.8 Å². The molecule has 8 nitrogen and oxygen atoms in total. The van der Waals surface area contributed by atoms with E-state index in [-0.39, 0.29) is 23.0 Å². The van der Waals surface area contributed by atoms with E-state index >= 15 is 0 Å². The fourth-order valence-electron chi connectivity index (χ4n) is 4.49. The molecule has 0 aliphatic heterocycles. The summed E-state index contributed by atoms with van der Waals surface area (Å²) in [6.45, 7) is 9.29. The van der Waals surface area contributed by atoms with Gasteiger partial charge in [-0.25, -0.2) is 12.8 Å². The molecular weight excluding hydrogens is 557 g/mol. The lowest BCUT2D eigenvalue weighted by Gasteiger charge is -2.34. The van der Waals surface area contributed by atoms with Gasteiger partial charge in [0.05, 0.1) is 17.2 Å². The van der Waals surface area contributed by atoms with Crippen LogP contribution >= 0.6 is 0 Å². The summed E-state index contributed by atoms with van der Waals surface area (Å²) in [5.74, 6) is -0.900. The number of ether oxygens (including phenoxy) is 1. The number of sulfonamides is 1. The Balaban J connectivity index is 2.02. The first-order chi connectivity index (χ1) is 19.9. The Kier molecular flexibility index (Phi) is 11.1. The number of hydrogen-bond acceptors (Lipinski definition) is 5. The second-order valence-electron chi connectivity index (χ2n) is 10.9. The van der Waals surface area contributed by atoms with Crippen molar-refractivity contribution in [1.82, 2.24) is 10.2 Å². The number of amides is 2. The van der Waals surface area contributed by atoms with Crippen LogP contribution in [0.2, 0.25) is 0 Å². The molecule has 10 heteroatoms. The van der Waals surface area contributed by atoms with Crippen LogP contribution in [0.15, 0.2) is 83.8 Å². The molecule has 0 spiro atoms. The van der Waals surface area contributed by atoms with Gasteiger partial charge in [-0.2, -0.15) is 0 Å². The van der Waals surface area contributed by atoms with Crippen molar-refractivity contribution in [2.45, 2.75) is 63.9 Å². The number of hydrogen-bond donors (Lipinski definition) is 1. The smallest absolute Gasteiger partial charge is 0.264 e. The van der Waals surface area contributed by atoms with E-state index in [1.807, 2.05) is 65.0 Å². The minimum atomic E-state index is -4.30. The van der Waals surface area contributed by atoms with Crippen LogP contribution in [0, 0.1) is 5.82 Å². The highest BCUT2D eigenvalue weighted by atomic mass is 32.2. The molecule has 0 heterocycles. The van der Waals surface area contributed by atoms with Crippen molar-refractivity contribution in [3.8, 4) is 5.75 Å². The zero-order chi connectivity index (χ0) is 30.9. The maximum Gasteiger partial charge on any atom is 0.264 e. The first-order valence-electron chi connectivity index (χ1n) is 14.0. The van der Waals surface area contributed by atoms with Gasteiger partial charge in [-0.05, 0) is 94.6 Å². The highest BCUT2D eigenvalue weighted by molar-refractivity contribution is 7.92. The molecule has 0 bridgehead atoms. The highest BCUT2D eigenvalue weighted by Gasteiger charge is 2.34. The maximum atomic E-state index is 14.1. The maximum absolute atomic E-state index is 14.1. The number of anilines is 1. The van der Waals surface area contributed by atoms with Crippen molar-refractivity contribution in [2.75, 3.05) is 24.0 Å². The minimum absolute atomic E-state index is 0.168. The van der Waals surface area contributed by atoms with Crippen LogP contribution in [0.25, 0.3) is 0 Å². The van der Waals surface area contributed by atoms with Gasteiger partial charge in [0.1, 0.15) is 24.2 Å². The zero-order valence-corrected chi connectivity index (χ0v) is 25.7. The molecule has 3 aromatic carbocycles. The van der Waals surface area contributed by atoms with Crippen molar-refractivity contribution in [3.63, 3.8) is 0 Å². The molecular formula is C32H40FN3O5S. The van der Waals surface area contributed by atoms with Crippen LogP contribution in [-0.2, 0) is 26.0 Å². The summed E-state index contributed by atoms with van der Waals surface area (Å²) in [4.78, 5) is 28.7. The fourth-order valence-corrected chi connectivity index (χ4v) is 5.90. The molecule has 0 aromatic heterocycles. The van der Waals surface area contributed by atoms with Gasteiger partial charge in [0.25, 0.3) is 10.0 Å². The molecule has 0 saturated carbocycles. The number of carbonyl (C=O) groups excluding carboxylic acids is 2. The monoisotopic (exact) mass is 597 g/mol. The van der Waals surface area contributed by atoms with Gasteiger partial charge in [-0.3, -0.25) is 13.9 Å². The molecule has 226 valence electrons. The summed E-state index contributed by atoms with van der Waals surface area (Å²) in [5, 5.41) is 2.95. The van der Waals surface area contributed by atoms with E-state index in [0.717, 1.165) is 34.1 Å². The van der Waals surface area contributed by atoms with Crippen molar-refractivity contribution in [1.29, 1.82) is 0 Å². The Morgan fingerprint density at radius 2 is 1.55 bits per heavy atom. The molecule has 1 atom stereocenters. The van der Waals surface area contributed by atoms with Crippen LogP contribution in [0.4, 0.5) is 10.1 Å². The third kappa shape index (κ3) is 8.79. The zero-order valence-electron chi connectivity index (χ0n) is 24.8. The number of halogens is 1. The van der Waals surface area contributed by atoms with Crippen LogP contribution in [0.3, 0.4) is 0 Å². The van der Waals surface area contributed by atoms with Crippen molar-refractivity contribution < 1.29 is 27.1 Å². The standard InChI is InChI=1S/C32H40FN3O5S/c1-6-29(31(38)34-32(3,4)5)35(22-21-24-11-9-8-10-12-24)30(37)23-36(26-15-17-27(18-16-26)41-7-2)42(39,40)28-19-13-25(33)14-20-28/h8-20,29H,6-7,21-23H2,1-5H3,(H,34,38). The summed E-state index contributed by atoms with van der Waals surface area (Å²) in [6, 6.07) is 19.5. The Morgan fingerprint density at radius 3 is 2.10 bits per heavy atom. The van der Waals surface area contributed by atoms with Gasteiger partial charge in [-0.1, -0.05) is 37.3 Å². The van der Waals surface area contributed by atoms with Gasteiger partial charge in [0, 0.05) is 12.1 Å². The van der Waals surface area contributed by atoms with Gasteiger partial charge >= 0.3 is 0 Å². The van der Waals surface area contributed by atoms with E-state index in [4.69, 9.17) is 4.74 Å². The molecule has 1 N–H and O–H groups in total. The molecule has 2 amide bonds. The van der Waals surface area contributed by atoms with E-state index in [0.29, 0.717) is 25.2 Å². The molecule has 0 aliphatic rings. The normalized spacial score (nSPS) is 12.3. The average Bonchev–Trinajstić information content (AvgIpc) is 2.94. The van der Waals surface area contributed by atoms with Crippen molar-refractivity contribution in [3.05, 3.63) is 90.2 Å². The van der Waals surface area contributed by atoms with Crippen LogP contribution in [-0.4, -0.2) is 56.4 Å². The Morgan fingerprint density at radius 1 is 0.929 bits per heavy atom. The summed E-state index contributed by atoms with van der Waals surface area (Å²) < 4.78 is 47.9. The molecule has 3 rings (SSSR count). The third-order valence-electron chi connectivity index (χ3n) is 6.48. The molecule has 0 radical (unpaired) electrons. The molecule has 1 unspecified atom stereocenters. The Labute approximate surface area is 248 Å². The molecule has 0 fully saturated rings. The van der Waals surface area contributed by atoms with E-state index in [1.54, 1.807) is 24.3 Å². The quantitative estimate of drug-likeness (QED) is 0.293. The summed E-state index contributed by atoms with van der Waals surface area (Å²) in [5.41, 5.74) is 0.675. The van der Waals surface area contributed by atoms with E-state index in [1.165, 1.54) is 4.90 Å². The molecule has 3 aromatic rings. The molecule has 0 saturated heterocycles. The predicted molar refractivity (Wildman–Crippen MR) is 162 cm³/mol. The third-order valence-corrected chi connectivity index (χ3v) is 8.27. The molecule has 0 aliphatic carbocycles. The van der Waals surface area contributed by atoms with Gasteiger partial charge in [0.15, 0.2) is 0 Å². The Hall–Kier alpha value is -3.92. The fraction of sp³-hybridized carbons (Fsp3) is 0.375. The summed E-state index contributed by atoms with van der Waals surface area (Å²) in [6.07, 6.45) is 0.801. The van der Waals surface area contributed by atoms with E-state index < -0.39 is 39.9 Å². The van der Waals surface area contributed by atoms with Gasteiger partial charge in [-0.15, -0.1) is 0 Å². The minimum Gasteiger partial charge on any atom is -0.494 e. The average molecular weight is 598 g/mol. The number of benzene rings is 3. The Bertz CT molecular complexity index is 1420. The van der Waals surface area contributed by atoms with Crippen LogP contribution in [0.5, 0.6) is 5.75 Å². The summed E-state index contributed by atoms with van der Waals surface area (Å²) in [7, 11) is -4.30.